The zero-order valence-corrected chi connectivity index (χ0v) is 13.2. The monoisotopic (exact) mass is 310 g/mol. The van der Waals surface area contributed by atoms with Gasteiger partial charge in [-0.25, -0.2) is 0 Å². The fraction of sp³-hybridized carbons (Fsp3) is 0.316. The lowest BCUT2D eigenvalue weighted by Gasteiger charge is -2.10. The van der Waals surface area contributed by atoms with Crippen molar-refractivity contribution in [1.82, 2.24) is 5.32 Å². The third-order valence-corrected chi connectivity index (χ3v) is 4.24. The third kappa shape index (κ3) is 4.11. The van der Waals surface area contributed by atoms with E-state index in [0.717, 1.165) is 17.7 Å². The van der Waals surface area contributed by atoms with Gasteiger partial charge in [-0.3, -0.25) is 4.79 Å². The van der Waals surface area contributed by atoms with Crippen LogP contribution in [0, 0.1) is 0 Å². The highest BCUT2D eigenvalue weighted by Gasteiger charge is 2.39. The SMILES string of the molecule is C[C@@H](N[C@H]1CC1c1ccc(OCc2ccccc2)cc1)C(N)=O. The van der Waals surface area contributed by atoms with Gasteiger partial charge in [0, 0.05) is 12.0 Å². The second-order valence-corrected chi connectivity index (χ2v) is 6.08. The summed E-state index contributed by atoms with van der Waals surface area (Å²) >= 11 is 0. The first kappa shape index (κ1) is 15.6. The number of carbonyl (C=O) groups excluding carboxylic acids is 1. The maximum atomic E-state index is 11.1. The summed E-state index contributed by atoms with van der Waals surface area (Å²) in [6.45, 7) is 2.38. The zero-order chi connectivity index (χ0) is 16.2. The fourth-order valence-electron chi connectivity index (χ4n) is 2.70. The van der Waals surface area contributed by atoms with Gasteiger partial charge in [-0.15, -0.1) is 0 Å². The quantitative estimate of drug-likeness (QED) is 0.826. The predicted molar refractivity (Wildman–Crippen MR) is 90.2 cm³/mol. The first-order chi connectivity index (χ1) is 11.1. The molecular weight excluding hydrogens is 288 g/mol. The van der Waals surface area contributed by atoms with E-state index in [9.17, 15) is 4.79 Å². The Morgan fingerprint density at radius 1 is 1.22 bits per heavy atom. The highest BCUT2D eigenvalue weighted by Crippen LogP contribution is 2.41. The molecule has 1 aliphatic rings. The summed E-state index contributed by atoms with van der Waals surface area (Å²) in [6.07, 6.45) is 1.04. The maximum absolute atomic E-state index is 11.1. The highest BCUT2D eigenvalue weighted by atomic mass is 16.5. The summed E-state index contributed by atoms with van der Waals surface area (Å²) in [5.74, 6) is 1.02. The number of nitrogens with one attached hydrogen (secondary N) is 1. The van der Waals surface area contributed by atoms with Gasteiger partial charge in [0.2, 0.25) is 5.91 Å². The summed E-state index contributed by atoms with van der Waals surface area (Å²) in [4.78, 5) is 11.1. The molecule has 4 heteroatoms. The Balaban J connectivity index is 1.51. The van der Waals surface area contributed by atoms with Crippen LogP contribution in [0.3, 0.4) is 0 Å². The van der Waals surface area contributed by atoms with Crippen LogP contribution in [0.15, 0.2) is 54.6 Å². The van der Waals surface area contributed by atoms with Crippen LogP contribution < -0.4 is 15.8 Å². The van der Waals surface area contributed by atoms with Gasteiger partial charge in [0.25, 0.3) is 0 Å². The second kappa shape index (κ2) is 6.84. The van der Waals surface area contributed by atoms with Gasteiger partial charge < -0.3 is 15.8 Å². The topological polar surface area (TPSA) is 64.3 Å². The molecule has 120 valence electrons. The maximum Gasteiger partial charge on any atom is 0.234 e. The molecule has 0 heterocycles. The van der Waals surface area contributed by atoms with Gasteiger partial charge in [0.05, 0.1) is 6.04 Å². The van der Waals surface area contributed by atoms with E-state index in [4.69, 9.17) is 10.5 Å². The third-order valence-electron chi connectivity index (χ3n) is 4.24. The fourth-order valence-corrected chi connectivity index (χ4v) is 2.70. The molecule has 3 atom stereocenters. The lowest BCUT2D eigenvalue weighted by atomic mass is 10.1. The zero-order valence-electron chi connectivity index (χ0n) is 13.2. The van der Waals surface area contributed by atoms with E-state index in [0.29, 0.717) is 18.6 Å². The molecule has 2 aromatic carbocycles. The molecule has 2 aromatic rings. The molecule has 1 unspecified atom stereocenters. The van der Waals surface area contributed by atoms with Crippen molar-refractivity contribution >= 4 is 5.91 Å². The Morgan fingerprint density at radius 3 is 2.57 bits per heavy atom. The molecular formula is C19H22N2O2. The molecule has 0 aromatic heterocycles. The van der Waals surface area contributed by atoms with Gasteiger partial charge in [-0.2, -0.15) is 0 Å². The van der Waals surface area contributed by atoms with Gasteiger partial charge in [-0.1, -0.05) is 42.5 Å². The predicted octanol–water partition coefficient (Wildman–Crippen LogP) is 2.58. The normalized spacial score (nSPS) is 20.7. The molecule has 3 N–H and O–H groups in total. The molecule has 0 spiro atoms. The average Bonchev–Trinajstić information content (AvgIpc) is 3.33. The molecule has 0 bridgehead atoms. The Kier molecular flexibility index (Phi) is 4.63. The number of amides is 1. The highest BCUT2D eigenvalue weighted by molar-refractivity contribution is 5.79. The molecule has 1 saturated carbocycles. The first-order valence-electron chi connectivity index (χ1n) is 7.95. The van der Waals surface area contributed by atoms with Crippen molar-refractivity contribution in [3.05, 3.63) is 65.7 Å². The van der Waals surface area contributed by atoms with Crippen molar-refractivity contribution in [3.63, 3.8) is 0 Å². The minimum atomic E-state index is -0.305. The van der Waals surface area contributed by atoms with E-state index in [1.165, 1.54) is 5.56 Å². The van der Waals surface area contributed by atoms with E-state index in [1.807, 2.05) is 30.3 Å². The first-order valence-corrected chi connectivity index (χ1v) is 7.95. The smallest absolute Gasteiger partial charge is 0.234 e. The van der Waals surface area contributed by atoms with Crippen LogP contribution in [-0.4, -0.2) is 18.0 Å². The Hall–Kier alpha value is -2.33. The van der Waals surface area contributed by atoms with Crippen LogP contribution in [0.25, 0.3) is 0 Å². The van der Waals surface area contributed by atoms with E-state index in [2.05, 4.69) is 29.6 Å². The van der Waals surface area contributed by atoms with Crippen LogP contribution in [0.1, 0.15) is 30.4 Å². The van der Waals surface area contributed by atoms with E-state index >= 15 is 0 Å². The van der Waals surface area contributed by atoms with E-state index in [-0.39, 0.29) is 11.9 Å². The number of primary amides is 1. The standard InChI is InChI=1S/C19H22N2O2/c1-13(19(20)22)21-18-11-17(18)15-7-9-16(10-8-15)23-12-14-5-3-2-4-6-14/h2-10,13,17-18,21H,11-12H2,1H3,(H2,20,22)/t13-,17?,18+/m1/s1. The largest absolute Gasteiger partial charge is 0.489 e. The van der Waals surface area contributed by atoms with Crippen molar-refractivity contribution in [2.24, 2.45) is 5.73 Å². The van der Waals surface area contributed by atoms with E-state index < -0.39 is 0 Å². The molecule has 1 amide bonds. The van der Waals surface area contributed by atoms with Crippen molar-refractivity contribution in [2.45, 2.75) is 38.0 Å². The van der Waals surface area contributed by atoms with Crippen LogP contribution in [-0.2, 0) is 11.4 Å². The number of carbonyl (C=O) groups is 1. The van der Waals surface area contributed by atoms with Crippen LogP contribution in [0.2, 0.25) is 0 Å². The van der Waals surface area contributed by atoms with Crippen LogP contribution >= 0.6 is 0 Å². The number of nitrogens with two attached hydrogens (primary N) is 1. The molecule has 0 aliphatic heterocycles. The van der Waals surface area contributed by atoms with Crippen LogP contribution in [0.4, 0.5) is 0 Å². The lowest BCUT2D eigenvalue weighted by Crippen LogP contribution is -2.40. The lowest BCUT2D eigenvalue weighted by molar-refractivity contribution is -0.119. The minimum absolute atomic E-state index is 0.279. The number of rotatable bonds is 7. The number of hydrogen-bond acceptors (Lipinski definition) is 3. The molecule has 1 aliphatic carbocycles. The summed E-state index contributed by atoms with van der Waals surface area (Å²) in [5.41, 5.74) is 7.71. The molecule has 23 heavy (non-hydrogen) atoms. The van der Waals surface area contributed by atoms with Crippen molar-refractivity contribution < 1.29 is 9.53 Å². The molecule has 1 fully saturated rings. The molecule has 3 rings (SSSR count). The summed E-state index contributed by atoms with van der Waals surface area (Å²) in [7, 11) is 0. The van der Waals surface area contributed by atoms with Crippen molar-refractivity contribution in [3.8, 4) is 5.75 Å². The van der Waals surface area contributed by atoms with Gasteiger partial charge in [0.1, 0.15) is 12.4 Å². The minimum Gasteiger partial charge on any atom is -0.489 e. The average molecular weight is 310 g/mol. The van der Waals surface area contributed by atoms with Crippen molar-refractivity contribution in [1.29, 1.82) is 0 Å². The van der Waals surface area contributed by atoms with Gasteiger partial charge in [0.15, 0.2) is 0 Å². The number of ether oxygens (including phenoxy) is 1. The molecule has 4 nitrogen and oxygen atoms in total. The number of benzene rings is 2. The van der Waals surface area contributed by atoms with Gasteiger partial charge >= 0.3 is 0 Å². The Bertz CT molecular complexity index is 655. The Labute approximate surface area is 136 Å². The van der Waals surface area contributed by atoms with Crippen LogP contribution in [0.5, 0.6) is 5.75 Å². The Morgan fingerprint density at radius 2 is 1.91 bits per heavy atom. The number of hydrogen-bond donors (Lipinski definition) is 2. The molecule has 0 saturated heterocycles. The second-order valence-electron chi connectivity index (χ2n) is 6.08. The van der Waals surface area contributed by atoms with E-state index in [1.54, 1.807) is 6.92 Å². The summed E-state index contributed by atoms with van der Waals surface area (Å²) in [6, 6.07) is 18.4. The molecule has 0 radical (unpaired) electrons. The summed E-state index contributed by atoms with van der Waals surface area (Å²) in [5, 5.41) is 3.26. The van der Waals surface area contributed by atoms with Gasteiger partial charge in [-0.05, 0) is 36.6 Å². The summed E-state index contributed by atoms with van der Waals surface area (Å²) < 4.78 is 5.79. The van der Waals surface area contributed by atoms with Crippen molar-refractivity contribution in [2.75, 3.05) is 0 Å².